The summed E-state index contributed by atoms with van der Waals surface area (Å²) in [5, 5.41) is 12.2. The number of amides is 2. The topological polar surface area (TPSA) is 84.0 Å². The molecule has 0 saturated carbocycles. The molecule has 9 heteroatoms. The summed E-state index contributed by atoms with van der Waals surface area (Å²) in [6.45, 7) is 1.87. The number of carbonyl (C=O) groups excluding carboxylic acids is 2. The second-order valence-corrected chi connectivity index (χ2v) is 7.72. The van der Waals surface area contributed by atoms with Crippen molar-refractivity contribution in [3.05, 3.63) is 44.5 Å². The number of carbonyl (C=O) groups is 2. The summed E-state index contributed by atoms with van der Waals surface area (Å²) in [5.41, 5.74) is 1.50. The van der Waals surface area contributed by atoms with E-state index in [1.807, 2.05) is 29.8 Å². The Morgan fingerprint density at radius 3 is 2.38 bits per heavy atom. The molecule has 0 aliphatic rings. The van der Waals surface area contributed by atoms with E-state index < -0.39 is 0 Å². The van der Waals surface area contributed by atoms with Crippen LogP contribution in [0, 0.1) is 6.92 Å². The van der Waals surface area contributed by atoms with Gasteiger partial charge in [-0.3, -0.25) is 9.59 Å². The second kappa shape index (κ2) is 7.65. The molecule has 0 unspecified atom stereocenters. The van der Waals surface area contributed by atoms with E-state index in [1.54, 1.807) is 16.7 Å². The zero-order valence-corrected chi connectivity index (χ0v) is 15.2. The Bertz CT molecular complexity index is 839. The highest BCUT2D eigenvalue weighted by molar-refractivity contribution is 7.14. The van der Waals surface area contributed by atoms with Gasteiger partial charge in [0.05, 0.1) is 24.2 Å². The van der Waals surface area contributed by atoms with E-state index in [0.717, 1.165) is 10.6 Å². The predicted molar refractivity (Wildman–Crippen MR) is 98.0 cm³/mol. The van der Waals surface area contributed by atoms with Crippen LogP contribution < -0.4 is 10.6 Å². The number of hydrogen-bond donors (Lipinski definition) is 2. The van der Waals surface area contributed by atoms with E-state index in [-0.39, 0.29) is 18.2 Å². The predicted octanol–water partition coefficient (Wildman–Crippen LogP) is 3.33. The van der Waals surface area contributed by atoms with Gasteiger partial charge in [0, 0.05) is 15.6 Å². The number of aromatic nitrogens is 2. The number of aryl methyl sites for hydroxylation is 1. The Morgan fingerprint density at radius 2 is 1.71 bits per heavy atom. The van der Waals surface area contributed by atoms with Crippen LogP contribution in [0.4, 0.5) is 10.3 Å². The maximum atomic E-state index is 12.0. The summed E-state index contributed by atoms with van der Waals surface area (Å²) >= 11 is 4.24. The average Bonchev–Trinajstić information content (AvgIpc) is 3.23. The number of thiophene rings is 1. The van der Waals surface area contributed by atoms with E-state index in [4.69, 9.17) is 0 Å². The van der Waals surface area contributed by atoms with Crippen LogP contribution in [0.15, 0.2) is 28.3 Å². The fraction of sp³-hybridized carbons (Fsp3) is 0.200. The Hall–Kier alpha value is -2.10. The molecule has 0 aromatic carbocycles. The van der Waals surface area contributed by atoms with Gasteiger partial charge in [-0.15, -0.1) is 34.0 Å². The van der Waals surface area contributed by atoms with Gasteiger partial charge in [0.1, 0.15) is 0 Å². The second-order valence-electron chi connectivity index (χ2n) is 4.97. The van der Waals surface area contributed by atoms with Crippen LogP contribution in [-0.2, 0) is 22.4 Å². The quantitative estimate of drug-likeness (QED) is 0.689. The number of anilines is 2. The Kier molecular flexibility index (Phi) is 5.34. The molecule has 3 heterocycles. The van der Waals surface area contributed by atoms with Crippen LogP contribution in [0.25, 0.3) is 0 Å². The van der Waals surface area contributed by atoms with Gasteiger partial charge in [-0.2, -0.15) is 0 Å². The van der Waals surface area contributed by atoms with Crippen LogP contribution in [-0.4, -0.2) is 21.8 Å². The van der Waals surface area contributed by atoms with Crippen LogP contribution >= 0.6 is 34.0 Å². The van der Waals surface area contributed by atoms with Crippen LogP contribution in [0.3, 0.4) is 0 Å². The number of nitrogens with zero attached hydrogens (tertiary/aromatic N) is 2. The summed E-state index contributed by atoms with van der Waals surface area (Å²) in [6.07, 6.45) is 0.479. The van der Waals surface area contributed by atoms with E-state index in [2.05, 4.69) is 20.6 Å². The minimum atomic E-state index is -0.175. The first kappa shape index (κ1) is 16.7. The smallest absolute Gasteiger partial charge is 0.232 e. The van der Waals surface area contributed by atoms with Gasteiger partial charge >= 0.3 is 0 Å². The Balaban J connectivity index is 1.51. The van der Waals surface area contributed by atoms with E-state index in [9.17, 15) is 9.59 Å². The first-order valence-corrected chi connectivity index (χ1v) is 9.71. The first-order valence-electron chi connectivity index (χ1n) is 7.07. The zero-order chi connectivity index (χ0) is 16.9. The van der Waals surface area contributed by atoms with Crippen LogP contribution in [0.2, 0.25) is 0 Å². The van der Waals surface area contributed by atoms with Crippen molar-refractivity contribution in [3.63, 3.8) is 0 Å². The van der Waals surface area contributed by atoms with E-state index in [0.29, 0.717) is 22.4 Å². The van der Waals surface area contributed by atoms with Gasteiger partial charge in [0.2, 0.25) is 11.8 Å². The normalized spacial score (nSPS) is 10.5. The monoisotopic (exact) mass is 378 g/mol. The highest BCUT2D eigenvalue weighted by Crippen LogP contribution is 2.18. The van der Waals surface area contributed by atoms with Gasteiger partial charge in [0.25, 0.3) is 0 Å². The number of rotatable bonds is 6. The standard InChI is InChI=1S/C15H14N4O2S3/c1-9-7-23-14(16-9)18-12(20)5-10-8-24-15(17-10)19-13(21)6-11-3-2-4-22-11/h2-4,7-8H,5-6H2,1H3,(H,16,18,20)(H,17,19,21). The highest BCUT2D eigenvalue weighted by atomic mass is 32.1. The van der Waals surface area contributed by atoms with Gasteiger partial charge in [0.15, 0.2) is 10.3 Å². The van der Waals surface area contributed by atoms with Crippen molar-refractivity contribution < 1.29 is 9.59 Å². The van der Waals surface area contributed by atoms with Crippen molar-refractivity contribution in [3.8, 4) is 0 Å². The largest absolute Gasteiger partial charge is 0.302 e. The number of thiazole rings is 2. The third-order valence-electron chi connectivity index (χ3n) is 2.92. The molecule has 6 nitrogen and oxygen atoms in total. The Morgan fingerprint density at radius 1 is 1.00 bits per heavy atom. The molecule has 0 bridgehead atoms. The Labute approximate surface area is 150 Å². The van der Waals surface area contributed by atoms with Crippen molar-refractivity contribution in [2.75, 3.05) is 10.6 Å². The molecule has 0 spiro atoms. The molecule has 0 aliphatic carbocycles. The summed E-state index contributed by atoms with van der Waals surface area (Å²) in [5.74, 6) is -0.285. The third-order valence-corrected chi connectivity index (χ3v) is 5.48. The molecule has 2 amide bonds. The molecule has 3 aromatic rings. The summed E-state index contributed by atoms with van der Waals surface area (Å²) in [4.78, 5) is 33.4. The lowest BCUT2D eigenvalue weighted by Crippen LogP contribution is -2.15. The summed E-state index contributed by atoms with van der Waals surface area (Å²) in [7, 11) is 0. The van der Waals surface area contributed by atoms with E-state index in [1.165, 1.54) is 22.7 Å². The molecule has 0 fully saturated rings. The average molecular weight is 379 g/mol. The molecule has 3 rings (SSSR count). The van der Waals surface area contributed by atoms with Gasteiger partial charge in [-0.05, 0) is 18.4 Å². The maximum absolute atomic E-state index is 12.0. The third kappa shape index (κ3) is 4.70. The fourth-order valence-electron chi connectivity index (χ4n) is 1.92. The SMILES string of the molecule is Cc1csc(NC(=O)Cc2csc(NC(=O)Cc3cccs3)n2)n1. The number of hydrogen-bond acceptors (Lipinski definition) is 7. The number of nitrogens with one attached hydrogen (secondary N) is 2. The van der Waals surface area contributed by atoms with Crippen molar-refractivity contribution in [1.82, 2.24) is 9.97 Å². The minimum absolute atomic E-state index is 0.110. The zero-order valence-electron chi connectivity index (χ0n) is 12.7. The molecule has 124 valence electrons. The van der Waals surface area contributed by atoms with Crippen molar-refractivity contribution >= 4 is 56.1 Å². The van der Waals surface area contributed by atoms with Crippen LogP contribution in [0.1, 0.15) is 16.3 Å². The molecular formula is C15H14N4O2S3. The molecular weight excluding hydrogens is 364 g/mol. The molecule has 0 radical (unpaired) electrons. The van der Waals surface area contributed by atoms with Gasteiger partial charge < -0.3 is 10.6 Å². The molecule has 3 aromatic heterocycles. The van der Waals surface area contributed by atoms with Crippen molar-refractivity contribution in [2.24, 2.45) is 0 Å². The van der Waals surface area contributed by atoms with Gasteiger partial charge in [-0.25, -0.2) is 9.97 Å². The van der Waals surface area contributed by atoms with Crippen molar-refractivity contribution in [2.45, 2.75) is 19.8 Å². The maximum Gasteiger partial charge on any atom is 0.232 e. The lowest BCUT2D eigenvalue weighted by atomic mass is 10.3. The van der Waals surface area contributed by atoms with Crippen LogP contribution in [0.5, 0.6) is 0 Å². The lowest BCUT2D eigenvalue weighted by Gasteiger charge is -2.00. The van der Waals surface area contributed by atoms with E-state index >= 15 is 0 Å². The molecule has 0 aliphatic heterocycles. The fourth-order valence-corrected chi connectivity index (χ4v) is 4.05. The molecule has 0 saturated heterocycles. The minimum Gasteiger partial charge on any atom is -0.302 e. The molecule has 24 heavy (non-hydrogen) atoms. The van der Waals surface area contributed by atoms with Crippen molar-refractivity contribution in [1.29, 1.82) is 0 Å². The first-order chi connectivity index (χ1) is 11.6. The summed E-state index contributed by atoms with van der Waals surface area (Å²) < 4.78 is 0. The lowest BCUT2D eigenvalue weighted by molar-refractivity contribution is -0.116. The highest BCUT2D eigenvalue weighted by Gasteiger charge is 2.12. The molecule has 2 N–H and O–H groups in total. The summed E-state index contributed by atoms with van der Waals surface area (Å²) in [6, 6.07) is 3.83. The van der Waals surface area contributed by atoms with Gasteiger partial charge in [-0.1, -0.05) is 6.07 Å². The molecule has 0 atom stereocenters.